The van der Waals surface area contributed by atoms with E-state index >= 15 is 0 Å². The van der Waals surface area contributed by atoms with Gasteiger partial charge >= 0.3 is 5.97 Å². The molecular formula is C21H14NO6S-. The molecule has 8 heteroatoms. The second-order valence-electron chi connectivity index (χ2n) is 6.27. The van der Waals surface area contributed by atoms with Crippen LogP contribution in [0.3, 0.4) is 0 Å². The number of benzene rings is 2. The van der Waals surface area contributed by atoms with Gasteiger partial charge in [-0.05, 0) is 60.3 Å². The molecule has 0 fully saturated rings. The summed E-state index contributed by atoms with van der Waals surface area (Å²) in [5.41, 5.74) is 1.64. The fourth-order valence-corrected chi connectivity index (χ4v) is 3.62. The molecule has 0 radical (unpaired) electrons. The molecule has 0 aliphatic carbocycles. The fourth-order valence-electron chi connectivity index (χ4n) is 2.77. The number of carbonyl (C=O) groups excluding carboxylic acids is 2. The van der Waals surface area contributed by atoms with Crippen LogP contribution in [0.4, 0.5) is 5.69 Å². The van der Waals surface area contributed by atoms with Gasteiger partial charge in [-0.1, -0.05) is 0 Å². The predicted octanol–water partition coefficient (Wildman–Crippen LogP) is 4.59. The summed E-state index contributed by atoms with van der Waals surface area (Å²) in [5, 5.41) is 21.3. The van der Waals surface area contributed by atoms with Crippen LogP contribution < -0.4 is 14.7 Å². The maximum Gasteiger partial charge on any atom is 0.343 e. The molecule has 7 nitrogen and oxygen atoms in total. The first-order valence-electron chi connectivity index (χ1n) is 8.53. The van der Waals surface area contributed by atoms with E-state index in [0.29, 0.717) is 11.3 Å². The van der Waals surface area contributed by atoms with E-state index in [1.807, 2.05) is 18.4 Å². The second kappa shape index (κ2) is 7.51. The van der Waals surface area contributed by atoms with E-state index in [1.165, 1.54) is 47.7 Å². The molecule has 2 aromatic carbocycles. The van der Waals surface area contributed by atoms with E-state index < -0.39 is 5.97 Å². The molecule has 0 saturated heterocycles. The van der Waals surface area contributed by atoms with Crippen LogP contribution in [0, 0.1) is 12.1 Å². The van der Waals surface area contributed by atoms with Crippen molar-refractivity contribution in [2.75, 3.05) is 5.23 Å². The molecule has 0 saturated carbocycles. The predicted molar refractivity (Wildman–Crippen MR) is 107 cm³/mol. The third-order valence-electron chi connectivity index (χ3n) is 4.34. The number of nitrogens with zero attached hydrogens (tertiary/aromatic N) is 1. The normalized spacial score (nSPS) is 13.9. The third kappa shape index (κ3) is 3.77. The number of esters is 1. The standard InChI is InChI=1S/C21H14NO6S/c1-12-8-9-29-19(12)11-18-20(23)16-7-6-15(10-17(16)28-18)27-21(24)13-2-4-14(5-3-13)22(25)26/h2-11,25H,1H3/q-1. The van der Waals surface area contributed by atoms with E-state index in [1.54, 1.807) is 12.1 Å². The Hall–Kier alpha value is -3.46. The molecule has 146 valence electrons. The average Bonchev–Trinajstić information content (AvgIpc) is 3.25. The van der Waals surface area contributed by atoms with Gasteiger partial charge in [0, 0.05) is 17.0 Å². The lowest BCUT2D eigenvalue weighted by Gasteiger charge is -2.21. The quantitative estimate of drug-likeness (QED) is 0.292. The molecule has 0 atom stereocenters. The van der Waals surface area contributed by atoms with E-state index in [9.17, 15) is 14.8 Å². The van der Waals surface area contributed by atoms with Gasteiger partial charge in [-0.3, -0.25) is 10.0 Å². The van der Waals surface area contributed by atoms with Crippen molar-refractivity contribution < 1.29 is 24.3 Å². The smallest absolute Gasteiger partial charge is 0.343 e. The highest BCUT2D eigenvalue weighted by atomic mass is 32.1. The van der Waals surface area contributed by atoms with E-state index in [2.05, 4.69) is 0 Å². The lowest BCUT2D eigenvalue weighted by molar-refractivity contribution is 0.0734. The zero-order valence-corrected chi connectivity index (χ0v) is 15.9. The molecule has 1 aliphatic rings. The van der Waals surface area contributed by atoms with Crippen LogP contribution in [0.25, 0.3) is 6.08 Å². The summed E-state index contributed by atoms with van der Waals surface area (Å²) in [7, 11) is 0. The monoisotopic (exact) mass is 408 g/mol. The van der Waals surface area contributed by atoms with Gasteiger partial charge in [0.05, 0.1) is 16.8 Å². The van der Waals surface area contributed by atoms with Crippen molar-refractivity contribution in [1.82, 2.24) is 0 Å². The molecule has 0 unspecified atom stereocenters. The summed E-state index contributed by atoms with van der Waals surface area (Å²) in [5.74, 6) is -0.130. The summed E-state index contributed by atoms with van der Waals surface area (Å²) in [6.45, 7) is 1.95. The van der Waals surface area contributed by atoms with Crippen LogP contribution in [0.15, 0.2) is 59.7 Å². The zero-order valence-electron chi connectivity index (χ0n) is 15.1. The number of carbonyl (C=O) groups is 2. The van der Waals surface area contributed by atoms with E-state index in [-0.39, 0.29) is 33.8 Å². The Balaban J connectivity index is 1.52. The summed E-state index contributed by atoms with van der Waals surface area (Å²) >= 11 is 1.51. The van der Waals surface area contributed by atoms with Gasteiger partial charge in [-0.25, -0.2) is 4.79 Å². The Morgan fingerprint density at radius 2 is 1.97 bits per heavy atom. The number of hydrogen-bond donors (Lipinski definition) is 1. The number of fused-ring (bicyclic) bond motifs is 1. The molecule has 29 heavy (non-hydrogen) atoms. The van der Waals surface area contributed by atoms with Crippen molar-refractivity contribution in [2.24, 2.45) is 0 Å². The summed E-state index contributed by atoms with van der Waals surface area (Å²) < 4.78 is 11.0. The number of Topliss-reactive ketones (excluding diaryl/α,β-unsaturated/α-hetero) is 1. The van der Waals surface area contributed by atoms with E-state index in [4.69, 9.17) is 14.7 Å². The van der Waals surface area contributed by atoms with Gasteiger partial charge in [0.25, 0.3) is 0 Å². The molecule has 1 aromatic heterocycles. The highest BCUT2D eigenvalue weighted by Crippen LogP contribution is 2.35. The van der Waals surface area contributed by atoms with Crippen molar-refractivity contribution in [2.45, 2.75) is 6.92 Å². The van der Waals surface area contributed by atoms with Crippen LogP contribution in [-0.2, 0) is 0 Å². The number of rotatable bonds is 4. The Bertz CT molecular complexity index is 1130. The lowest BCUT2D eigenvalue weighted by atomic mass is 10.1. The van der Waals surface area contributed by atoms with Crippen molar-refractivity contribution in [3.63, 3.8) is 0 Å². The number of aryl methyl sites for hydroxylation is 1. The number of hydrogen-bond acceptors (Lipinski definition) is 8. The minimum atomic E-state index is -0.652. The van der Waals surface area contributed by atoms with Crippen molar-refractivity contribution in [3.05, 3.63) is 86.4 Å². The average molecular weight is 408 g/mol. The van der Waals surface area contributed by atoms with Crippen molar-refractivity contribution >= 4 is 34.9 Å². The number of thiophene rings is 1. The number of allylic oxidation sites excluding steroid dienone is 1. The maximum atomic E-state index is 12.5. The molecule has 4 rings (SSSR count). The molecule has 1 N–H and O–H groups in total. The second-order valence-corrected chi connectivity index (χ2v) is 7.22. The minimum absolute atomic E-state index is 0.00807. The van der Waals surface area contributed by atoms with Crippen LogP contribution in [0.2, 0.25) is 0 Å². The fraction of sp³-hybridized carbons (Fsp3) is 0.0476. The Morgan fingerprint density at radius 1 is 1.21 bits per heavy atom. The molecule has 0 bridgehead atoms. The van der Waals surface area contributed by atoms with Crippen molar-refractivity contribution in [3.8, 4) is 11.5 Å². The van der Waals surface area contributed by atoms with Crippen LogP contribution in [0.1, 0.15) is 31.2 Å². The first-order chi connectivity index (χ1) is 13.9. The zero-order chi connectivity index (χ0) is 20.5. The molecule has 1 aliphatic heterocycles. The summed E-state index contributed by atoms with van der Waals surface area (Å²) in [6, 6.07) is 11.8. The maximum absolute atomic E-state index is 12.5. The minimum Gasteiger partial charge on any atom is -0.733 e. The Kier molecular flexibility index (Phi) is 4.89. The summed E-state index contributed by atoms with van der Waals surface area (Å²) in [4.78, 5) is 25.7. The number of ether oxygens (including phenoxy) is 2. The van der Waals surface area contributed by atoms with Crippen LogP contribution in [-0.4, -0.2) is 17.0 Å². The Morgan fingerprint density at radius 3 is 2.62 bits per heavy atom. The Labute approximate surface area is 169 Å². The van der Waals surface area contributed by atoms with Crippen LogP contribution >= 0.6 is 11.3 Å². The van der Waals surface area contributed by atoms with Gasteiger partial charge in [-0.2, -0.15) is 0 Å². The van der Waals surface area contributed by atoms with Gasteiger partial charge in [0.1, 0.15) is 11.5 Å². The molecule has 3 aromatic rings. The van der Waals surface area contributed by atoms with E-state index in [0.717, 1.165) is 10.4 Å². The topological polar surface area (TPSA) is 99.1 Å². The highest BCUT2D eigenvalue weighted by molar-refractivity contribution is 7.11. The molecule has 0 spiro atoms. The molecule has 0 amide bonds. The first kappa shape index (κ1) is 18.9. The molecular weight excluding hydrogens is 394 g/mol. The first-order valence-corrected chi connectivity index (χ1v) is 9.41. The van der Waals surface area contributed by atoms with Crippen LogP contribution in [0.5, 0.6) is 11.5 Å². The highest BCUT2D eigenvalue weighted by Gasteiger charge is 2.28. The van der Waals surface area contributed by atoms with Crippen molar-refractivity contribution in [1.29, 1.82) is 0 Å². The van der Waals surface area contributed by atoms with Gasteiger partial charge in [0.2, 0.25) is 5.78 Å². The number of anilines is 1. The summed E-state index contributed by atoms with van der Waals surface area (Å²) in [6.07, 6.45) is 1.70. The van der Waals surface area contributed by atoms with Gasteiger partial charge < -0.3 is 19.9 Å². The molecule has 2 heterocycles. The largest absolute Gasteiger partial charge is 0.733 e. The SMILES string of the molecule is Cc1ccsc1C=C1Oc2cc(OC(=O)c3ccc(N([O-])O)cc3)ccc2C1=O. The third-order valence-corrected chi connectivity index (χ3v) is 5.31. The van der Waals surface area contributed by atoms with Gasteiger partial charge in [0.15, 0.2) is 5.76 Å². The lowest BCUT2D eigenvalue weighted by Crippen LogP contribution is -2.10. The number of ketones is 1. The van der Waals surface area contributed by atoms with Gasteiger partial charge in [-0.15, -0.1) is 11.3 Å².